The summed E-state index contributed by atoms with van der Waals surface area (Å²) in [7, 11) is 0. The summed E-state index contributed by atoms with van der Waals surface area (Å²) < 4.78 is 24.2. The van der Waals surface area contributed by atoms with E-state index >= 15 is 0 Å². The van der Waals surface area contributed by atoms with Gasteiger partial charge >= 0.3 is 0 Å². The van der Waals surface area contributed by atoms with Crippen molar-refractivity contribution in [3.05, 3.63) is 48.0 Å². The van der Waals surface area contributed by atoms with Gasteiger partial charge in [-0.3, -0.25) is 4.79 Å². The Hall–Kier alpha value is -2.63. The van der Waals surface area contributed by atoms with Crippen molar-refractivity contribution in [2.75, 3.05) is 5.32 Å². The van der Waals surface area contributed by atoms with Crippen LogP contribution in [0.1, 0.15) is 24.2 Å². The predicted octanol–water partition coefficient (Wildman–Crippen LogP) is 2.98. The van der Waals surface area contributed by atoms with E-state index in [1.165, 1.54) is 12.3 Å². The second kappa shape index (κ2) is 4.73. The highest BCUT2D eigenvalue weighted by molar-refractivity contribution is 6.04. The number of fused-ring (bicyclic) bond motifs is 1. The van der Waals surface area contributed by atoms with Gasteiger partial charge in [0.05, 0.1) is 0 Å². The fourth-order valence-corrected chi connectivity index (χ4v) is 2.05. The standard InChI is InChI=1S/C15H13FN2O3/c1-15(2)20-11-4-3-10(8-12(11)21-15)18-14(19)9-5-6-17-13(16)7-9/h3-8H,1-2H3,(H,18,19). The second-order valence-electron chi connectivity index (χ2n) is 5.09. The van der Waals surface area contributed by atoms with Crippen LogP contribution in [0.5, 0.6) is 11.5 Å². The Morgan fingerprint density at radius 1 is 1.19 bits per heavy atom. The average molecular weight is 288 g/mol. The summed E-state index contributed by atoms with van der Waals surface area (Å²) in [5, 5.41) is 2.67. The normalized spacial score (nSPS) is 14.8. The van der Waals surface area contributed by atoms with Gasteiger partial charge in [0.1, 0.15) is 0 Å². The third-order valence-electron chi connectivity index (χ3n) is 2.90. The molecule has 1 aromatic heterocycles. The van der Waals surface area contributed by atoms with Crippen LogP contribution in [0.15, 0.2) is 36.5 Å². The highest BCUT2D eigenvalue weighted by Gasteiger charge is 2.31. The van der Waals surface area contributed by atoms with Crippen LogP contribution in [0.4, 0.5) is 10.1 Å². The Kier molecular flexibility index (Phi) is 3.01. The monoisotopic (exact) mass is 288 g/mol. The molecule has 2 heterocycles. The molecule has 0 bridgehead atoms. The minimum absolute atomic E-state index is 0.195. The summed E-state index contributed by atoms with van der Waals surface area (Å²) in [5.74, 6) is -0.671. The van der Waals surface area contributed by atoms with Gasteiger partial charge in [0, 0.05) is 43.4 Å². The van der Waals surface area contributed by atoms with Crippen LogP contribution >= 0.6 is 0 Å². The number of ether oxygens (including phenoxy) is 2. The molecule has 0 spiro atoms. The number of pyridine rings is 1. The van der Waals surface area contributed by atoms with E-state index in [9.17, 15) is 9.18 Å². The van der Waals surface area contributed by atoms with Gasteiger partial charge in [0.25, 0.3) is 5.91 Å². The summed E-state index contributed by atoms with van der Waals surface area (Å²) in [4.78, 5) is 15.4. The molecule has 0 unspecified atom stereocenters. The Morgan fingerprint density at radius 2 is 1.95 bits per heavy atom. The molecule has 0 fully saturated rings. The molecule has 1 aliphatic rings. The van der Waals surface area contributed by atoms with Crippen molar-refractivity contribution in [1.82, 2.24) is 4.98 Å². The van der Waals surface area contributed by atoms with Crippen molar-refractivity contribution < 1.29 is 18.7 Å². The van der Waals surface area contributed by atoms with Gasteiger partial charge in [0.2, 0.25) is 11.7 Å². The van der Waals surface area contributed by atoms with Gasteiger partial charge in [-0.25, -0.2) is 4.98 Å². The predicted molar refractivity (Wildman–Crippen MR) is 73.9 cm³/mol. The molecule has 0 saturated heterocycles. The van der Waals surface area contributed by atoms with Crippen molar-refractivity contribution in [2.45, 2.75) is 19.6 Å². The molecule has 2 aromatic rings. The number of carbonyl (C=O) groups is 1. The molecular weight excluding hydrogens is 275 g/mol. The first-order valence-electron chi connectivity index (χ1n) is 6.38. The Morgan fingerprint density at radius 3 is 2.71 bits per heavy atom. The molecule has 6 heteroatoms. The lowest BCUT2D eigenvalue weighted by Crippen LogP contribution is -2.29. The lowest BCUT2D eigenvalue weighted by molar-refractivity contribution is -0.0431. The van der Waals surface area contributed by atoms with Crippen LogP contribution in [-0.2, 0) is 0 Å². The molecular formula is C15H13FN2O3. The number of halogens is 1. The molecule has 0 atom stereocenters. The van der Waals surface area contributed by atoms with E-state index in [0.29, 0.717) is 17.2 Å². The second-order valence-corrected chi connectivity index (χ2v) is 5.09. The zero-order chi connectivity index (χ0) is 15.0. The number of benzene rings is 1. The lowest BCUT2D eigenvalue weighted by atomic mass is 10.2. The van der Waals surface area contributed by atoms with Crippen molar-refractivity contribution in [1.29, 1.82) is 0 Å². The number of hydrogen-bond donors (Lipinski definition) is 1. The highest BCUT2D eigenvalue weighted by atomic mass is 19.1. The SMILES string of the molecule is CC1(C)Oc2ccc(NC(=O)c3ccnc(F)c3)cc2O1. The van der Waals surface area contributed by atoms with Crippen LogP contribution in [0, 0.1) is 5.95 Å². The third-order valence-corrected chi connectivity index (χ3v) is 2.90. The maximum atomic E-state index is 13.0. The largest absolute Gasteiger partial charge is 0.449 e. The van der Waals surface area contributed by atoms with Gasteiger partial charge < -0.3 is 14.8 Å². The topological polar surface area (TPSA) is 60.5 Å². The first kappa shape index (κ1) is 13.4. The van der Waals surface area contributed by atoms with E-state index in [2.05, 4.69) is 10.3 Å². The maximum Gasteiger partial charge on any atom is 0.255 e. The molecule has 0 aliphatic carbocycles. The molecule has 1 N–H and O–H groups in total. The zero-order valence-electron chi connectivity index (χ0n) is 11.5. The number of rotatable bonds is 2. The van der Waals surface area contributed by atoms with E-state index in [1.807, 2.05) is 0 Å². The smallest absolute Gasteiger partial charge is 0.255 e. The lowest BCUT2D eigenvalue weighted by Gasteiger charge is -2.16. The third kappa shape index (κ3) is 2.79. The molecule has 21 heavy (non-hydrogen) atoms. The number of nitrogens with one attached hydrogen (secondary N) is 1. The number of amides is 1. The van der Waals surface area contributed by atoms with Crippen LogP contribution in [0.3, 0.4) is 0 Å². The van der Waals surface area contributed by atoms with Crippen molar-refractivity contribution in [3.63, 3.8) is 0 Å². The van der Waals surface area contributed by atoms with Crippen LogP contribution in [0.25, 0.3) is 0 Å². The van der Waals surface area contributed by atoms with E-state index in [1.54, 1.807) is 32.0 Å². The maximum absolute atomic E-state index is 13.0. The molecule has 1 aromatic carbocycles. The van der Waals surface area contributed by atoms with Crippen LogP contribution < -0.4 is 14.8 Å². The molecule has 0 saturated carbocycles. The number of nitrogens with zero attached hydrogens (tertiary/aromatic N) is 1. The minimum Gasteiger partial charge on any atom is -0.449 e. The molecule has 3 rings (SSSR count). The average Bonchev–Trinajstić information content (AvgIpc) is 2.72. The zero-order valence-corrected chi connectivity index (χ0v) is 11.5. The number of carbonyl (C=O) groups excluding carboxylic acids is 1. The molecule has 108 valence electrons. The first-order chi connectivity index (χ1) is 9.93. The van der Waals surface area contributed by atoms with Gasteiger partial charge in [0.15, 0.2) is 11.5 Å². The number of anilines is 1. The molecule has 1 aliphatic heterocycles. The molecule has 0 radical (unpaired) electrons. The minimum atomic E-state index is -0.723. The quantitative estimate of drug-likeness (QED) is 0.863. The van der Waals surface area contributed by atoms with E-state index in [-0.39, 0.29) is 5.56 Å². The van der Waals surface area contributed by atoms with Gasteiger partial charge in [-0.15, -0.1) is 0 Å². The fraction of sp³-hybridized carbons (Fsp3) is 0.200. The van der Waals surface area contributed by atoms with Gasteiger partial charge in [-0.1, -0.05) is 0 Å². The molecule has 1 amide bonds. The Labute approximate surface area is 120 Å². The van der Waals surface area contributed by atoms with Crippen molar-refractivity contribution in [2.24, 2.45) is 0 Å². The van der Waals surface area contributed by atoms with Crippen LogP contribution in [0.2, 0.25) is 0 Å². The molecule has 5 nitrogen and oxygen atoms in total. The van der Waals surface area contributed by atoms with E-state index in [4.69, 9.17) is 9.47 Å². The fourth-order valence-electron chi connectivity index (χ4n) is 2.05. The van der Waals surface area contributed by atoms with Crippen molar-refractivity contribution in [3.8, 4) is 11.5 Å². The number of aromatic nitrogens is 1. The van der Waals surface area contributed by atoms with Crippen LogP contribution in [-0.4, -0.2) is 16.7 Å². The summed E-state index contributed by atoms with van der Waals surface area (Å²) >= 11 is 0. The van der Waals surface area contributed by atoms with E-state index in [0.717, 1.165) is 6.07 Å². The Balaban J connectivity index is 1.79. The number of hydrogen-bond acceptors (Lipinski definition) is 4. The summed E-state index contributed by atoms with van der Waals surface area (Å²) in [6, 6.07) is 7.59. The van der Waals surface area contributed by atoms with Gasteiger partial charge in [-0.2, -0.15) is 4.39 Å². The summed E-state index contributed by atoms with van der Waals surface area (Å²) in [5.41, 5.74) is 0.734. The first-order valence-corrected chi connectivity index (χ1v) is 6.38. The Bertz CT molecular complexity index is 716. The van der Waals surface area contributed by atoms with Crippen molar-refractivity contribution >= 4 is 11.6 Å². The van der Waals surface area contributed by atoms with E-state index < -0.39 is 17.6 Å². The summed E-state index contributed by atoms with van der Waals surface area (Å²) in [6.45, 7) is 3.59. The summed E-state index contributed by atoms with van der Waals surface area (Å²) in [6.07, 6.45) is 1.24. The van der Waals surface area contributed by atoms with Gasteiger partial charge in [-0.05, 0) is 18.2 Å². The highest BCUT2D eigenvalue weighted by Crippen LogP contribution is 2.40.